The fraction of sp³-hybridized carbons (Fsp3) is 0.130. The van der Waals surface area contributed by atoms with Crippen molar-refractivity contribution in [2.45, 2.75) is 20.0 Å². The number of nitrogens with one attached hydrogen (secondary N) is 1. The van der Waals surface area contributed by atoms with Crippen LogP contribution in [0.15, 0.2) is 66.2 Å². The lowest BCUT2D eigenvalue weighted by Crippen LogP contribution is -2.14. The first kappa shape index (κ1) is 19.1. The summed E-state index contributed by atoms with van der Waals surface area (Å²) in [6, 6.07) is 19.1. The van der Waals surface area contributed by atoms with Gasteiger partial charge in [0, 0.05) is 5.56 Å². The van der Waals surface area contributed by atoms with Crippen molar-refractivity contribution in [1.82, 2.24) is 0 Å². The number of fused-ring (bicyclic) bond motifs is 1. The second kappa shape index (κ2) is 8.36. The molecule has 0 aliphatic rings. The zero-order chi connectivity index (χ0) is 20.1. The minimum atomic E-state index is -0.684. The molecule has 0 fully saturated rings. The monoisotopic (exact) mass is 374 g/mol. The SMILES string of the molecule is CC(C)Oc1ccc2ccccc2c1/C=C(\C#N)C(=O)Nc1ccccc1F. The summed E-state index contributed by atoms with van der Waals surface area (Å²) in [6.45, 7) is 3.80. The molecule has 0 spiro atoms. The highest BCUT2D eigenvalue weighted by molar-refractivity contribution is 6.11. The maximum absolute atomic E-state index is 13.8. The van der Waals surface area contributed by atoms with Crippen LogP contribution in [0, 0.1) is 17.1 Å². The maximum atomic E-state index is 13.8. The Morgan fingerprint density at radius 3 is 2.54 bits per heavy atom. The molecule has 1 amide bonds. The first-order valence-corrected chi connectivity index (χ1v) is 8.85. The summed E-state index contributed by atoms with van der Waals surface area (Å²) < 4.78 is 19.7. The number of rotatable bonds is 5. The van der Waals surface area contributed by atoms with Gasteiger partial charge in [0.25, 0.3) is 5.91 Å². The molecule has 0 unspecified atom stereocenters. The Kier molecular flexibility index (Phi) is 5.71. The second-order valence-corrected chi connectivity index (χ2v) is 6.47. The lowest BCUT2D eigenvalue weighted by Gasteiger charge is -2.15. The predicted molar refractivity (Wildman–Crippen MR) is 108 cm³/mol. The molecule has 0 aliphatic heterocycles. The highest BCUT2D eigenvalue weighted by Gasteiger charge is 2.15. The third kappa shape index (κ3) is 4.18. The van der Waals surface area contributed by atoms with E-state index in [2.05, 4.69) is 5.32 Å². The largest absolute Gasteiger partial charge is 0.490 e. The van der Waals surface area contributed by atoms with E-state index in [1.54, 1.807) is 6.07 Å². The minimum Gasteiger partial charge on any atom is -0.490 e. The van der Waals surface area contributed by atoms with Crippen molar-refractivity contribution in [3.63, 3.8) is 0 Å². The van der Waals surface area contributed by atoms with E-state index in [1.165, 1.54) is 24.3 Å². The van der Waals surface area contributed by atoms with Crippen LogP contribution in [0.25, 0.3) is 16.8 Å². The lowest BCUT2D eigenvalue weighted by molar-refractivity contribution is -0.112. The molecule has 140 valence electrons. The number of para-hydroxylation sites is 1. The number of ether oxygens (including phenoxy) is 1. The van der Waals surface area contributed by atoms with Gasteiger partial charge in [0.2, 0.25) is 0 Å². The number of carbonyl (C=O) groups is 1. The van der Waals surface area contributed by atoms with E-state index in [9.17, 15) is 14.4 Å². The fourth-order valence-electron chi connectivity index (χ4n) is 2.83. The van der Waals surface area contributed by atoms with Gasteiger partial charge in [-0.3, -0.25) is 4.79 Å². The third-order valence-electron chi connectivity index (χ3n) is 4.07. The number of benzene rings is 3. The summed E-state index contributed by atoms with van der Waals surface area (Å²) in [4.78, 5) is 12.6. The molecular formula is C23H19FN2O2. The standard InChI is InChI=1S/C23H19FN2O2/c1-15(2)28-22-12-11-16-7-3-4-8-18(16)19(22)13-17(14-25)23(27)26-21-10-6-5-9-20(21)24/h3-13,15H,1-2H3,(H,26,27)/b17-13+. The van der Waals surface area contributed by atoms with E-state index in [4.69, 9.17) is 4.74 Å². The molecule has 0 saturated heterocycles. The quantitative estimate of drug-likeness (QED) is 0.486. The van der Waals surface area contributed by atoms with E-state index >= 15 is 0 Å². The second-order valence-electron chi connectivity index (χ2n) is 6.47. The van der Waals surface area contributed by atoms with Crippen molar-refractivity contribution >= 4 is 28.4 Å². The van der Waals surface area contributed by atoms with Crippen LogP contribution in [0.3, 0.4) is 0 Å². The van der Waals surface area contributed by atoms with Crippen molar-refractivity contribution in [1.29, 1.82) is 5.26 Å². The fourth-order valence-corrected chi connectivity index (χ4v) is 2.83. The predicted octanol–water partition coefficient (Wildman–Crippen LogP) is 5.31. The molecule has 5 heteroatoms. The molecule has 0 atom stereocenters. The van der Waals surface area contributed by atoms with E-state index in [0.717, 1.165) is 10.8 Å². The van der Waals surface area contributed by atoms with Crippen molar-refractivity contribution in [3.05, 3.63) is 77.6 Å². The number of nitrogens with zero attached hydrogens (tertiary/aromatic N) is 1. The molecule has 0 aromatic heterocycles. The zero-order valence-electron chi connectivity index (χ0n) is 15.6. The molecule has 0 aliphatic carbocycles. The molecule has 0 saturated carbocycles. The van der Waals surface area contributed by atoms with Gasteiger partial charge in [-0.1, -0.05) is 42.5 Å². The highest BCUT2D eigenvalue weighted by Crippen LogP contribution is 2.31. The van der Waals surface area contributed by atoms with Gasteiger partial charge in [0.15, 0.2) is 0 Å². The Labute approximate surface area is 162 Å². The van der Waals surface area contributed by atoms with Crippen LogP contribution in [-0.4, -0.2) is 12.0 Å². The summed E-state index contributed by atoms with van der Waals surface area (Å²) in [7, 11) is 0. The van der Waals surface area contributed by atoms with E-state index in [1.807, 2.05) is 56.3 Å². The van der Waals surface area contributed by atoms with Crippen molar-refractivity contribution in [2.75, 3.05) is 5.32 Å². The molecular weight excluding hydrogens is 355 g/mol. The van der Waals surface area contributed by atoms with Gasteiger partial charge in [-0.05, 0) is 48.9 Å². The molecule has 3 aromatic carbocycles. The Morgan fingerprint density at radius 1 is 1.11 bits per heavy atom. The molecule has 28 heavy (non-hydrogen) atoms. The number of hydrogen-bond donors (Lipinski definition) is 1. The smallest absolute Gasteiger partial charge is 0.266 e. The lowest BCUT2D eigenvalue weighted by atomic mass is 10.0. The number of halogens is 1. The maximum Gasteiger partial charge on any atom is 0.266 e. The zero-order valence-corrected chi connectivity index (χ0v) is 15.6. The first-order valence-electron chi connectivity index (χ1n) is 8.85. The first-order chi connectivity index (χ1) is 13.5. The number of amides is 1. The van der Waals surface area contributed by atoms with Crippen LogP contribution in [0.4, 0.5) is 10.1 Å². The van der Waals surface area contributed by atoms with Crippen LogP contribution in [0.5, 0.6) is 5.75 Å². The van der Waals surface area contributed by atoms with E-state index < -0.39 is 11.7 Å². The van der Waals surface area contributed by atoms with Crippen LogP contribution in [-0.2, 0) is 4.79 Å². The van der Waals surface area contributed by atoms with Gasteiger partial charge in [-0.15, -0.1) is 0 Å². The Hall–Kier alpha value is -3.65. The van der Waals surface area contributed by atoms with Crippen molar-refractivity contribution < 1.29 is 13.9 Å². The number of anilines is 1. The molecule has 1 N–H and O–H groups in total. The van der Waals surface area contributed by atoms with Gasteiger partial charge in [-0.25, -0.2) is 4.39 Å². The number of hydrogen-bond acceptors (Lipinski definition) is 3. The Balaban J connectivity index is 2.06. The van der Waals surface area contributed by atoms with E-state index in [-0.39, 0.29) is 17.4 Å². The summed E-state index contributed by atoms with van der Waals surface area (Å²) >= 11 is 0. The molecule has 3 aromatic rings. The van der Waals surface area contributed by atoms with Crippen LogP contribution in [0.2, 0.25) is 0 Å². The van der Waals surface area contributed by atoms with Gasteiger partial charge in [0.1, 0.15) is 23.2 Å². The van der Waals surface area contributed by atoms with Gasteiger partial charge in [0.05, 0.1) is 11.8 Å². The molecule has 0 bridgehead atoms. The average Bonchev–Trinajstić information content (AvgIpc) is 2.68. The topological polar surface area (TPSA) is 62.1 Å². The van der Waals surface area contributed by atoms with Gasteiger partial charge < -0.3 is 10.1 Å². The molecule has 0 heterocycles. The summed E-state index contributed by atoms with van der Waals surface area (Å²) in [5.41, 5.74) is 0.505. The van der Waals surface area contributed by atoms with Crippen LogP contribution >= 0.6 is 0 Å². The minimum absolute atomic E-state index is 0.0187. The molecule has 0 radical (unpaired) electrons. The Morgan fingerprint density at radius 2 is 1.82 bits per heavy atom. The van der Waals surface area contributed by atoms with Gasteiger partial charge in [-0.2, -0.15) is 5.26 Å². The number of nitriles is 1. The Bertz CT molecular complexity index is 1100. The summed E-state index contributed by atoms with van der Waals surface area (Å²) in [5.74, 6) is -0.682. The van der Waals surface area contributed by atoms with Crippen LogP contribution < -0.4 is 10.1 Å². The summed E-state index contributed by atoms with van der Waals surface area (Å²) in [5, 5.41) is 13.8. The van der Waals surface area contributed by atoms with Crippen molar-refractivity contribution in [2.24, 2.45) is 0 Å². The average molecular weight is 374 g/mol. The molecule has 3 rings (SSSR count). The number of carbonyl (C=O) groups excluding carboxylic acids is 1. The molecule has 4 nitrogen and oxygen atoms in total. The van der Waals surface area contributed by atoms with Crippen molar-refractivity contribution in [3.8, 4) is 11.8 Å². The van der Waals surface area contributed by atoms with Crippen LogP contribution in [0.1, 0.15) is 19.4 Å². The summed E-state index contributed by atoms with van der Waals surface area (Å²) in [6.07, 6.45) is 1.40. The van der Waals surface area contributed by atoms with E-state index in [0.29, 0.717) is 11.3 Å². The third-order valence-corrected chi connectivity index (χ3v) is 4.07. The normalized spacial score (nSPS) is 11.3. The highest BCUT2D eigenvalue weighted by atomic mass is 19.1. The van der Waals surface area contributed by atoms with Gasteiger partial charge >= 0.3 is 0 Å².